The minimum atomic E-state index is -3.81. The zero-order valence-corrected chi connectivity index (χ0v) is 14.7. The van der Waals surface area contributed by atoms with Crippen molar-refractivity contribution in [1.82, 2.24) is 24.5 Å². The van der Waals surface area contributed by atoms with Crippen LogP contribution in [0.25, 0.3) is 11.4 Å². The van der Waals surface area contributed by atoms with Crippen molar-refractivity contribution in [3.05, 3.63) is 24.3 Å². The number of hydrogen-bond donors (Lipinski definition) is 1. The van der Waals surface area contributed by atoms with Crippen LogP contribution in [0.3, 0.4) is 0 Å². The molecule has 1 aliphatic rings. The molecule has 25 heavy (non-hydrogen) atoms. The van der Waals surface area contributed by atoms with Gasteiger partial charge in [-0.25, -0.2) is 13.1 Å². The molecule has 3 rings (SSSR count). The second-order valence-corrected chi connectivity index (χ2v) is 7.99. The number of carbonyl (C=O) groups is 1. The topological polar surface area (TPSA) is 118 Å². The first-order valence-electron chi connectivity index (χ1n) is 7.90. The Balaban J connectivity index is 1.98. The summed E-state index contributed by atoms with van der Waals surface area (Å²) in [5.41, 5.74) is 0.577. The van der Waals surface area contributed by atoms with Gasteiger partial charge in [0.2, 0.25) is 10.0 Å². The maximum atomic E-state index is 13.0. The molecule has 2 atom stereocenters. The fourth-order valence-electron chi connectivity index (χ4n) is 3.19. The van der Waals surface area contributed by atoms with Crippen molar-refractivity contribution in [1.29, 1.82) is 0 Å². The van der Waals surface area contributed by atoms with Crippen molar-refractivity contribution in [2.75, 3.05) is 6.54 Å². The van der Waals surface area contributed by atoms with Gasteiger partial charge < -0.3 is 5.11 Å². The number of rotatable bonds is 4. The van der Waals surface area contributed by atoms with E-state index in [1.807, 2.05) is 0 Å². The van der Waals surface area contributed by atoms with Gasteiger partial charge in [-0.05, 0) is 42.3 Å². The number of carboxylic acid groups (broad SMARTS) is 1. The molecular formula is C15H19N5O4S. The van der Waals surface area contributed by atoms with Crippen LogP contribution < -0.4 is 0 Å². The van der Waals surface area contributed by atoms with E-state index in [1.165, 1.54) is 21.1 Å². The lowest BCUT2D eigenvalue weighted by atomic mass is 9.92. The normalized spacial score (nSPS) is 22.0. The smallest absolute Gasteiger partial charge is 0.308 e. The van der Waals surface area contributed by atoms with E-state index >= 15 is 0 Å². The molecular weight excluding hydrogens is 346 g/mol. The standard InChI is InChI=1S/C15H19N5O4S/c1-10-13(15(21)22)7-4-8-20(10)25(23,24)12-6-3-5-11(9-12)14-16-17-18-19(14)2/h3,5-6,9-10,13H,4,7-8H2,1-2H3,(H,21,22)/t10-,13-/m1/s1. The van der Waals surface area contributed by atoms with Crippen LogP contribution in [-0.4, -0.2) is 56.6 Å². The number of carboxylic acids is 1. The quantitative estimate of drug-likeness (QED) is 0.849. The third-order valence-electron chi connectivity index (χ3n) is 4.57. The minimum absolute atomic E-state index is 0.103. The first kappa shape index (κ1) is 17.5. The van der Waals surface area contributed by atoms with Gasteiger partial charge >= 0.3 is 5.97 Å². The van der Waals surface area contributed by atoms with Gasteiger partial charge in [0, 0.05) is 25.2 Å². The fraction of sp³-hybridized carbons (Fsp3) is 0.467. The second kappa shape index (κ2) is 6.52. The number of aromatic nitrogens is 4. The van der Waals surface area contributed by atoms with Crippen LogP contribution >= 0.6 is 0 Å². The van der Waals surface area contributed by atoms with Crippen LogP contribution in [-0.2, 0) is 21.9 Å². The van der Waals surface area contributed by atoms with E-state index in [0.29, 0.717) is 30.8 Å². The van der Waals surface area contributed by atoms with Gasteiger partial charge in [-0.15, -0.1) is 5.10 Å². The summed E-state index contributed by atoms with van der Waals surface area (Å²) in [6, 6.07) is 5.76. The number of piperidine rings is 1. The lowest BCUT2D eigenvalue weighted by Gasteiger charge is -2.36. The predicted molar refractivity (Wildman–Crippen MR) is 87.9 cm³/mol. The van der Waals surface area contributed by atoms with E-state index in [2.05, 4.69) is 15.5 Å². The van der Waals surface area contributed by atoms with Crippen molar-refractivity contribution >= 4 is 16.0 Å². The molecule has 0 spiro atoms. The summed E-state index contributed by atoms with van der Waals surface area (Å²) in [6.45, 7) is 1.95. The SMILES string of the molecule is C[C@@H]1[C@H](C(=O)O)CCCN1S(=O)(=O)c1cccc(-c2nnnn2C)c1. The highest BCUT2D eigenvalue weighted by Gasteiger charge is 2.39. The van der Waals surface area contributed by atoms with Crippen molar-refractivity contribution in [2.24, 2.45) is 13.0 Å². The first-order valence-corrected chi connectivity index (χ1v) is 9.34. The molecule has 0 saturated carbocycles. The molecule has 134 valence electrons. The summed E-state index contributed by atoms with van der Waals surface area (Å²) in [6.07, 6.45) is 1.00. The molecule has 1 aromatic heterocycles. The van der Waals surface area contributed by atoms with Crippen LogP contribution in [0.2, 0.25) is 0 Å². The largest absolute Gasteiger partial charge is 0.481 e. The highest BCUT2D eigenvalue weighted by Crippen LogP contribution is 2.30. The van der Waals surface area contributed by atoms with Crippen molar-refractivity contribution in [3.8, 4) is 11.4 Å². The number of hydrogen-bond acceptors (Lipinski definition) is 6. The Morgan fingerprint density at radius 1 is 1.36 bits per heavy atom. The average Bonchev–Trinajstić information content (AvgIpc) is 3.01. The lowest BCUT2D eigenvalue weighted by molar-refractivity contribution is -0.144. The number of tetrazole rings is 1. The van der Waals surface area contributed by atoms with E-state index in [0.717, 1.165) is 0 Å². The van der Waals surface area contributed by atoms with Crippen molar-refractivity contribution < 1.29 is 18.3 Å². The monoisotopic (exact) mass is 365 g/mol. The molecule has 1 N–H and O–H groups in total. The highest BCUT2D eigenvalue weighted by atomic mass is 32.2. The van der Waals surface area contributed by atoms with Crippen molar-refractivity contribution in [3.63, 3.8) is 0 Å². The zero-order valence-electron chi connectivity index (χ0n) is 13.9. The molecule has 0 amide bonds. The molecule has 2 aromatic rings. The van der Waals surface area contributed by atoms with Crippen LogP contribution in [0, 0.1) is 5.92 Å². The fourth-order valence-corrected chi connectivity index (χ4v) is 4.94. The zero-order chi connectivity index (χ0) is 18.2. The van der Waals surface area contributed by atoms with E-state index < -0.39 is 28.0 Å². The summed E-state index contributed by atoms with van der Waals surface area (Å²) in [5.74, 6) is -1.21. The molecule has 1 aromatic carbocycles. The maximum absolute atomic E-state index is 13.0. The van der Waals surface area contributed by atoms with Gasteiger partial charge in [0.1, 0.15) is 0 Å². The predicted octanol–water partition coefficient (Wildman–Crippen LogP) is 0.751. The van der Waals surface area contributed by atoms with Crippen LogP contribution in [0.4, 0.5) is 0 Å². The molecule has 0 radical (unpaired) electrons. The summed E-state index contributed by atoms with van der Waals surface area (Å²) in [7, 11) is -2.14. The summed E-state index contributed by atoms with van der Waals surface area (Å²) < 4.78 is 28.8. The van der Waals surface area contributed by atoms with Gasteiger partial charge in [0.05, 0.1) is 10.8 Å². The molecule has 9 nitrogen and oxygen atoms in total. The van der Waals surface area contributed by atoms with Gasteiger partial charge in [-0.2, -0.15) is 4.31 Å². The average molecular weight is 365 g/mol. The number of sulfonamides is 1. The van der Waals surface area contributed by atoms with Gasteiger partial charge in [0.25, 0.3) is 0 Å². The Hall–Kier alpha value is -2.33. The second-order valence-electron chi connectivity index (χ2n) is 6.10. The lowest BCUT2D eigenvalue weighted by Crippen LogP contribution is -2.48. The van der Waals surface area contributed by atoms with E-state index in [9.17, 15) is 18.3 Å². The van der Waals surface area contributed by atoms with E-state index in [4.69, 9.17) is 0 Å². The Morgan fingerprint density at radius 2 is 2.12 bits per heavy atom. The number of nitrogens with zero attached hydrogens (tertiary/aromatic N) is 5. The molecule has 10 heteroatoms. The van der Waals surface area contributed by atoms with Crippen LogP contribution in [0.15, 0.2) is 29.2 Å². The molecule has 0 unspecified atom stereocenters. The highest BCUT2D eigenvalue weighted by molar-refractivity contribution is 7.89. The molecule has 1 saturated heterocycles. The Morgan fingerprint density at radius 3 is 2.76 bits per heavy atom. The van der Waals surface area contributed by atoms with Crippen LogP contribution in [0.1, 0.15) is 19.8 Å². The molecule has 2 heterocycles. The number of aliphatic carboxylic acids is 1. The summed E-state index contributed by atoms with van der Waals surface area (Å²) in [4.78, 5) is 11.5. The van der Waals surface area contributed by atoms with Crippen LogP contribution in [0.5, 0.6) is 0 Å². The Labute approximate surface area is 145 Å². The third kappa shape index (κ3) is 3.14. The van der Waals surface area contributed by atoms with Crippen molar-refractivity contribution in [2.45, 2.75) is 30.7 Å². The molecule has 1 fully saturated rings. The molecule has 0 aliphatic carbocycles. The van der Waals surface area contributed by atoms with E-state index in [-0.39, 0.29) is 4.90 Å². The van der Waals surface area contributed by atoms with Gasteiger partial charge in [-0.3, -0.25) is 4.79 Å². The Bertz CT molecular complexity index is 895. The van der Waals surface area contributed by atoms with Gasteiger partial charge in [-0.1, -0.05) is 12.1 Å². The first-order chi connectivity index (χ1) is 11.8. The van der Waals surface area contributed by atoms with Gasteiger partial charge in [0.15, 0.2) is 5.82 Å². The minimum Gasteiger partial charge on any atom is -0.481 e. The maximum Gasteiger partial charge on any atom is 0.308 e. The number of benzene rings is 1. The molecule has 0 bridgehead atoms. The summed E-state index contributed by atoms with van der Waals surface area (Å²) >= 11 is 0. The Kier molecular flexibility index (Phi) is 4.56. The summed E-state index contributed by atoms with van der Waals surface area (Å²) in [5, 5.41) is 20.5. The third-order valence-corrected chi connectivity index (χ3v) is 6.55. The molecule has 1 aliphatic heterocycles. The number of aryl methyl sites for hydroxylation is 1. The van der Waals surface area contributed by atoms with E-state index in [1.54, 1.807) is 26.1 Å².